The second-order valence-electron chi connectivity index (χ2n) is 2.20. The number of rotatable bonds is 2. The molecule has 0 fully saturated rings. The minimum absolute atomic E-state index is 0.868. The second kappa shape index (κ2) is 4.13. The van der Waals surface area contributed by atoms with E-state index >= 15 is 0 Å². The minimum Gasteiger partial charge on any atom is -0.283 e. The zero-order valence-corrected chi connectivity index (χ0v) is 9.60. The van der Waals surface area contributed by atoms with Gasteiger partial charge in [-0.3, -0.25) is 11.0 Å². The molecule has 0 radical (unpaired) electrons. The Balaban J connectivity index is 2.90. The van der Waals surface area contributed by atoms with Crippen LogP contribution in [0.5, 0.6) is 0 Å². The van der Waals surface area contributed by atoms with Crippen LogP contribution < -0.4 is 11.0 Å². The van der Waals surface area contributed by atoms with Crippen LogP contribution in [0.25, 0.3) is 0 Å². The van der Waals surface area contributed by atoms with E-state index in [9.17, 15) is 0 Å². The van der Waals surface area contributed by atoms with E-state index in [1.54, 1.807) is 0 Å². The van der Waals surface area contributed by atoms with Gasteiger partial charge in [-0.1, -0.05) is 35.3 Å². The average molecular weight is 236 g/mol. The van der Waals surface area contributed by atoms with E-state index in [4.69, 9.17) is 22.8 Å². The highest BCUT2D eigenvalue weighted by Gasteiger charge is 2.07. The molecule has 66 valence electrons. The first-order valence-corrected chi connectivity index (χ1v) is 7.95. The SMILES string of the molecule is NP(N)(=S)Sc1ccccc1S. The van der Waals surface area contributed by atoms with Crippen LogP contribution in [-0.4, -0.2) is 0 Å². The summed E-state index contributed by atoms with van der Waals surface area (Å²) < 4.78 is 0. The molecule has 0 aromatic heterocycles. The van der Waals surface area contributed by atoms with Crippen LogP contribution in [0.4, 0.5) is 0 Å². The zero-order chi connectivity index (χ0) is 9.19. The van der Waals surface area contributed by atoms with Gasteiger partial charge in [0.15, 0.2) is 0 Å². The third-order valence-electron chi connectivity index (χ3n) is 1.11. The van der Waals surface area contributed by atoms with Crippen molar-refractivity contribution in [1.29, 1.82) is 0 Å². The Morgan fingerprint density at radius 1 is 1.33 bits per heavy atom. The molecule has 12 heavy (non-hydrogen) atoms. The monoisotopic (exact) mass is 236 g/mol. The van der Waals surface area contributed by atoms with Crippen LogP contribution in [0.3, 0.4) is 0 Å². The summed E-state index contributed by atoms with van der Waals surface area (Å²) in [6.45, 7) is 0. The van der Waals surface area contributed by atoms with Crippen LogP contribution in [0.15, 0.2) is 34.1 Å². The first kappa shape index (κ1) is 10.6. The van der Waals surface area contributed by atoms with E-state index in [-0.39, 0.29) is 0 Å². The van der Waals surface area contributed by atoms with Gasteiger partial charge in [-0.15, -0.1) is 12.6 Å². The molecule has 0 amide bonds. The maximum atomic E-state index is 5.57. The smallest absolute Gasteiger partial charge is 0.126 e. The number of nitrogens with two attached hydrogens (primary N) is 2. The van der Waals surface area contributed by atoms with Crippen molar-refractivity contribution in [3.05, 3.63) is 24.3 Å². The lowest BCUT2D eigenvalue weighted by molar-refractivity contribution is 1.27. The molecule has 4 N–H and O–H groups in total. The van der Waals surface area contributed by atoms with Gasteiger partial charge in [0.1, 0.15) is 5.54 Å². The predicted octanol–water partition coefficient (Wildman–Crippen LogP) is 2.21. The topological polar surface area (TPSA) is 52.0 Å². The normalized spacial score (nSPS) is 11.6. The van der Waals surface area contributed by atoms with Gasteiger partial charge in [0.25, 0.3) is 0 Å². The highest BCUT2D eigenvalue weighted by molar-refractivity contribution is 8.69. The Kier molecular flexibility index (Phi) is 3.64. The second-order valence-corrected chi connectivity index (χ2v) is 9.47. The lowest BCUT2D eigenvalue weighted by atomic mass is 10.4. The largest absolute Gasteiger partial charge is 0.283 e. The fourth-order valence-corrected chi connectivity index (χ4v) is 3.93. The van der Waals surface area contributed by atoms with E-state index in [0.29, 0.717) is 0 Å². The summed E-state index contributed by atoms with van der Waals surface area (Å²) in [6, 6.07) is 7.61. The number of thiol groups is 1. The van der Waals surface area contributed by atoms with Crippen LogP contribution in [0.2, 0.25) is 0 Å². The molecule has 2 nitrogen and oxygen atoms in total. The predicted molar refractivity (Wildman–Crippen MR) is 62.2 cm³/mol. The lowest BCUT2D eigenvalue weighted by Gasteiger charge is -2.10. The van der Waals surface area contributed by atoms with Crippen molar-refractivity contribution >= 4 is 41.4 Å². The Hall–Kier alpha value is 0.490. The van der Waals surface area contributed by atoms with Gasteiger partial charge >= 0.3 is 0 Å². The molecule has 0 spiro atoms. The summed E-state index contributed by atoms with van der Waals surface area (Å²) in [5.74, 6) is 0. The molecule has 1 aromatic carbocycles. The molecule has 0 aliphatic carbocycles. The lowest BCUT2D eigenvalue weighted by Crippen LogP contribution is -1.99. The van der Waals surface area contributed by atoms with E-state index in [1.165, 1.54) is 11.4 Å². The Bertz CT molecular complexity index is 322. The van der Waals surface area contributed by atoms with E-state index < -0.39 is 5.54 Å². The number of benzene rings is 1. The van der Waals surface area contributed by atoms with E-state index in [2.05, 4.69) is 12.6 Å². The molecule has 0 aliphatic rings. The first-order valence-electron chi connectivity index (χ1n) is 3.14. The van der Waals surface area contributed by atoms with E-state index in [0.717, 1.165) is 9.79 Å². The third kappa shape index (κ3) is 3.47. The molecule has 1 rings (SSSR count). The standard InChI is InChI=1S/C6H9N2PS3/c7-9(8,11)12-6-4-2-1-3-5(6)10/h1-4,10H,(H4,7,8,11). The van der Waals surface area contributed by atoms with Crippen molar-refractivity contribution in [2.24, 2.45) is 11.0 Å². The summed E-state index contributed by atoms with van der Waals surface area (Å²) in [4.78, 5) is 1.82. The van der Waals surface area contributed by atoms with Crippen LogP contribution >= 0.6 is 29.6 Å². The fraction of sp³-hybridized carbons (Fsp3) is 0. The quantitative estimate of drug-likeness (QED) is 0.544. The van der Waals surface area contributed by atoms with Crippen molar-refractivity contribution < 1.29 is 0 Å². The van der Waals surface area contributed by atoms with Gasteiger partial charge in [-0.05, 0) is 12.1 Å². The molecule has 0 saturated carbocycles. The zero-order valence-electron chi connectivity index (χ0n) is 6.18. The Labute approximate surface area is 86.4 Å². The van der Waals surface area contributed by atoms with Crippen molar-refractivity contribution in [1.82, 2.24) is 0 Å². The van der Waals surface area contributed by atoms with Crippen molar-refractivity contribution in [2.45, 2.75) is 9.79 Å². The summed E-state index contributed by atoms with van der Waals surface area (Å²) in [5, 5.41) is 0. The molecular weight excluding hydrogens is 227 g/mol. The summed E-state index contributed by atoms with van der Waals surface area (Å²) in [7, 11) is 0. The molecule has 0 heterocycles. The Morgan fingerprint density at radius 2 is 1.92 bits per heavy atom. The number of hydrogen-bond acceptors (Lipinski definition) is 3. The van der Waals surface area contributed by atoms with Gasteiger partial charge < -0.3 is 0 Å². The summed E-state index contributed by atoms with van der Waals surface area (Å²) >= 11 is 10.5. The molecule has 6 heteroatoms. The highest BCUT2D eigenvalue weighted by atomic mass is 32.9. The molecule has 0 aliphatic heterocycles. The molecule has 0 unspecified atom stereocenters. The van der Waals surface area contributed by atoms with Crippen molar-refractivity contribution in [3.8, 4) is 0 Å². The van der Waals surface area contributed by atoms with Crippen LogP contribution in [0.1, 0.15) is 0 Å². The highest BCUT2D eigenvalue weighted by Crippen LogP contribution is 2.49. The molecule has 1 aromatic rings. The van der Waals surface area contributed by atoms with Gasteiger partial charge in [0.2, 0.25) is 0 Å². The Morgan fingerprint density at radius 3 is 2.42 bits per heavy atom. The van der Waals surface area contributed by atoms with Crippen LogP contribution in [-0.2, 0) is 11.8 Å². The fourth-order valence-electron chi connectivity index (χ4n) is 0.688. The van der Waals surface area contributed by atoms with Crippen molar-refractivity contribution in [3.63, 3.8) is 0 Å². The van der Waals surface area contributed by atoms with Gasteiger partial charge in [0, 0.05) is 9.79 Å². The van der Waals surface area contributed by atoms with E-state index in [1.807, 2.05) is 24.3 Å². The van der Waals surface area contributed by atoms with Crippen LogP contribution in [0, 0.1) is 0 Å². The number of hydrogen-bond donors (Lipinski definition) is 3. The van der Waals surface area contributed by atoms with Gasteiger partial charge in [0.05, 0.1) is 0 Å². The summed E-state index contributed by atoms with van der Waals surface area (Å²) in [6.07, 6.45) is 0. The average Bonchev–Trinajstić information content (AvgIpc) is 1.91. The molecular formula is C6H9N2PS3. The molecule has 0 atom stereocenters. The molecule has 0 bridgehead atoms. The van der Waals surface area contributed by atoms with Gasteiger partial charge in [-0.2, -0.15) is 0 Å². The maximum Gasteiger partial charge on any atom is 0.126 e. The third-order valence-corrected chi connectivity index (χ3v) is 4.60. The first-order chi connectivity index (χ1) is 5.49. The minimum atomic E-state index is -2.21. The molecule has 0 saturated heterocycles. The maximum absolute atomic E-state index is 5.57. The summed E-state index contributed by atoms with van der Waals surface area (Å²) in [5.41, 5.74) is 8.92. The van der Waals surface area contributed by atoms with Gasteiger partial charge in [-0.25, -0.2) is 0 Å². The van der Waals surface area contributed by atoms with Crippen molar-refractivity contribution in [2.75, 3.05) is 0 Å².